The maximum absolute atomic E-state index is 12.5. The van der Waals surface area contributed by atoms with Gasteiger partial charge >= 0.3 is 0 Å². The van der Waals surface area contributed by atoms with Crippen LogP contribution in [0.15, 0.2) is 59.1 Å². The molecule has 1 amide bonds. The van der Waals surface area contributed by atoms with Crippen LogP contribution in [0, 0.1) is 0 Å². The number of amidine groups is 1. The Labute approximate surface area is 193 Å². The summed E-state index contributed by atoms with van der Waals surface area (Å²) in [6, 6.07) is 14.0. The summed E-state index contributed by atoms with van der Waals surface area (Å²) in [5, 5.41) is 3.30. The van der Waals surface area contributed by atoms with Crippen LogP contribution in [0.25, 0.3) is 4.91 Å². The molecule has 9 heteroatoms. The molecule has 1 aliphatic heterocycles. The molecule has 2 aromatic rings. The van der Waals surface area contributed by atoms with Crippen molar-refractivity contribution < 1.29 is 17.9 Å². The van der Waals surface area contributed by atoms with Crippen LogP contribution in [0.5, 0.6) is 5.75 Å². The number of sulfonamides is 1. The molecule has 1 aliphatic rings. The lowest BCUT2D eigenvalue weighted by Gasteiger charge is -2.07. The number of nitrogens with zero attached hydrogens (tertiary/aromatic N) is 1. The summed E-state index contributed by atoms with van der Waals surface area (Å²) in [6.45, 7) is 4.60. The molecule has 0 saturated heterocycles. The number of carbonyl (C=O) groups is 1. The van der Waals surface area contributed by atoms with E-state index in [0.717, 1.165) is 24.2 Å². The molecule has 0 bridgehead atoms. The van der Waals surface area contributed by atoms with Crippen LogP contribution in [0.2, 0.25) is 5.02 Å². The largest absolute Gasteiger partial charge is 0.494 e. The average Bonchev–Trinajstić information content (AvgIpc) is 3.00. The summed E-state index contributed by atoms with van der Waals surface area (Å²) in [5.74, 6) is 0.651. The molecule has 2 N–H and O–H groups in total. The van der Waals surface area contributed by atoms with Crippen LogP contribution in [-0.2, 0) is 21.4 Å². The zero-order valence-corrected chi connectivity index (χ0v) is 19.6. The Kier molecular flexibility index (Phi) is 7.93. The van der Waals surface area contributed by atoms with E-state index in [1.165, 1.54) is 0 Å². The third-order valence-electron chi connectivity index (χ3n) is 4.86. The van der Waals surface area contributed by atoms with Gasteiger partial charge in [0.15, 0.2) is 0 Å². The summed E-state index contributed by atoms with van der Waals surface area (Å²) in [7, 11) is -3.76. The Balaban J connectivity index is 1.59. The van der Waals surface area contributed by atoms with Crippen molar-refractivity contribution in [3.63, 3.8) is 0 Å². The first-order valence-electron chi connectivity index (χ1n) is 10.3. The zero-order chi connectivity index (χ0) is 23.1. The van der Waals surface area contributed by atoms with Crippen LogP contribution < -0.4 is 14.8 Å². The second kappa shape index (κ2) is 10.7. The minimum absolute atomic E-state index is 0.134. The first-order chi connectivity index (χ1) is 15.3. The average molecular weight is 476 g/mol. The van der Waals surface area contributed by atoms with Crippen molar-refractivity contribution in [3.8, 4) is 5.75 Å². The fourth-order valence-electron chi connectivity index (χ4n) is 3.13. The highest BCUT2D eigenvalue weighted by molar-refractivity contribution is 8.00. The van der Waals surface area contributed by atoms with E-state index in [0.29, 0.717) is 29.3 Å². The number of nitrogens with one attached hydrogen (secondary N) is 2. The molecule has 32 heavy (non-hydrogen) atoms. The number of hydrogen-bond donors (Lipinski definition) is 2. The minimum atomic E-state index is -3.76. The van der Waals surface area contributed by atoms with Crippen molar-refractivity contribution in [1.82, 2.24) is 10.0 Å². The minimum Gasteiger partial charge on any atom is -0.494 e. The fourth-order valence-corrected chi connectivity index (χ4v) is 4.78. The molecule has 1 heterocycles. The quantitative estimate of drug-likeness (QED) is 0.537. The highest BCUT2D eigenvalue weighted by atomic mass is 35.5. The van der Waals surface area contributed by atoms with Crippen LogP contribution in [0.4, 0.5) is 0 Å². The summed E-state index contributed by atoms with van der Waals surface area (Å²) < 4.78 is 33.1. The zero-order valence-electron chi connectivity index (χ0n) is 18.0. The van der Waals surface area contributed by atoms with Gasteiger partial charge in [-0.2, -0.15) is 0 Å². The van der Waals surface area contributed by atoms with Crippen LogP contribution in [-0.4, -0.2) is 33.3 Å². The van der Waals surface area contributed by atoms with Crippen molar-refractivity contribution in [2.75, 3.05) is 13.2 Å². The van der Waals surface area contributed by atoms with E-state index in [2.05, 4.69) is 22.0 Å². The predicted octanol–water partition coefficient (Wildman–Crippen LogP) is 3.90. The van der Waals surface area contributed by atoms with Gasteiger partial charge in [0, 0.05) is 17.1 Å². The number of unbranched alkanes of at least 4 members (excludes halogenated alkanes) is 1. The fraction of sp³-hybridized carbons (Fsp3) is 0.304. The summed E-state index contributed by atoms with van der Waals surface area (Å²) in [5.41, 5.74) is 1.89. The monoisotopic (exact) mass is 475 g/mol. The molecule has 0 spiro atoms. The maximum atomic E-state index is 12.5. The molecule has 2 aromatic carbocycles. The molecule has 0 aliphatic carbocycles. The first-order valence-corrected chi connectivity index (χ1v) is 12.2. The molecule has 0 fully saturated rings. The predicted molar refractivity (Wildman–Crippen MR) is 127 cm³/mol. The van der Waals surface area contributed by atoms with Gasteiger partial charge in [-0.05, 0) is 48.7 Å². The van der Waals surface area contributed by atoms with Gasteiger partial charge in [0.25, 0.3) is 10.0 Å². The smallest absolute Gasteiger partial charge is 0.264 e. The Bertz CT molecular complexity index is 1120. The number of aliphatic imine (C=N–C) groups is 1. The number of benzene rings is 2. The van der Waals surface area contributed by atoms with Crippen LogP contribution >= 0.6 is 11.6 Å². The van der Waals surface area contributed by atoms with Crippen LogP contribution in [0.3, 0.4) is 0 Å². The Morgan fingerprint density at radius 2 is 1.81 bits per heavy atom. The number of rotatable bonds is 9. The first kappa shape index (κ1) is 23.8. The topological polar surface area (TPSA) is 96.9 Å². The molecular formula is C23H26ClN3O4S. The summed E-state index contributed by atoms with van der Waals surface area (Å²) in [6.07, 6.45) is 2.08. The molecule has 0 aromatic heterocycles. The normalized spacial score (nSPS) is 16.2. The Morgan fingerprint density at radius 3 is 2.47 bits per heavy atom. The summed E-state index contributed by atoms with van der Waals surface area (Å²) in [4.78, 5) is 16.5. The molecule has 0 radical (unpaired) electrons. The van der Waals surface area contributed by atoms with Gasteiger partial charge in [0.1, 0.15) is 23.0 Å². The number of halogens is 1. The van der Waals surface area contributed by atoms with Gasteiger partial charge in [0.05, 0.1) is 6.61 Å². The maximum Gasteiger partial charge on any atom is 0.264 e. The third-order valence-corrected chi connectivity index (χ3v) is 6.66. The highest BCUT2D eigenvalue weighted by Crippen LogP contribution is 2.30. The van der Waals surface area contributed by atoms with E-state index >= 15 is 0 Å². The summed E-state index contributed by atoms with van der Waals surface area (Å²) >= 11 is 5.89. The molecular weight excluding hydrogens is 450 g/mol. The SMILES string of the molecule is CCCCOc1ccc(CNC(=O)CN=C2NS(=O)(=O)C(c3ccc(Cl)cc3)=C2C)cc1. The van der Waals surface area contributed by atoms with Crippen LogP contribution in [0.1, 0.15) is 37.8 Å². The molecule has 0 saturated carbocycles. The number of ether oxygens (including phenoxy) is 1. The van der Waals surface area contributed by atoms with Gasteiger partial charge in [0.2, 0.25) is 5.91 Å². The van der Waals surface area contributed by atoms with E-state index < -0.39 is 10.0 Å². The molecule has 7 nitrogen and oxygen atoms in total. The third kappa shape index (κ3) is 6.11. The van der Waals surface area contributed by atoms with Crippen molar-refractivity contribution in [2.24, 2.45) is 4.99 Å². The van der Waals surface area contributed by atoms with E-state index in [9.17, 15) is 13.2 Å². The standard InChI is InChI=1S/C23H26ClN3O4S/c1-3-4-13-31-20-11-5-17(6-12-20)14-25-21(28)15-26-23-16(2)22(32(29,30)27-23)18-7-9-19(24)10-8-18/h5-12H,3-4,13-15H2,1-2H3,(H,25,28)(H,26,27). The van der Waals surface area contributed by atoms with Gasteiger partial charge < -0.3 is 10.1 Å². The number of carbonyl (C=O) groups excluding carboxylic acids is 1. The van der Waals surface area contributed by atoms with Crippen molar-refractivity contribution >= 4 is 38.3 Å². The van der Waals surface area contributed by atoms with E-state index in [1.54, 1.807) is 31.2 Å². The van der Waals surface area contributed by atoms with Crippen molar-refractivity contribution in [1.29, 1.82) is 0 Å². The Morgan fingerprint density at radius 1 is 1.12 bits per heavy atom. The van der Waals surface area contributed by atoms with Gasteiger partial charge in [-0.1, -0.05) is 49.2 Å². The highest BCUT2D eigenvalue weighted by Gasteiger charge is 2.32. The second-order valence-electron chi connectivity index (χ2n) is 7.35. The molecule has 0 unspecified atom stereocenters. The van der Waals surface area contributed by atoms with E-state index in [4.69, 9.17) is 16.3 Å². The lowest BCUT2D eigenvalue weighted by Crippen LogP contribution is -2.28. The van der Waals surface area contributed by atoms with Gasteiger partial charge in [-0.3, -0.25) is 14.5 Å². The van der Waals surface area contributed by atoms with E-state index in [1.807, 2.05) is 24.3 Å². The number of hydrogen-bond acceptors (Lipinski definition) is 5. The Hall–Kier alpha value is -2.84. The molecule has 0 atom stereocenters. The molecule has 3 rings (SSSR count). The van der Waals surface area contributed by atoms with Crippen molar-refractivity contribution in [2.45, 2.75) is 33.2 Å². The van der Waals surface area contributed by atoms with Crippen molar-refractivity contribution in [3.05, 3.63) is 70.3 Å². The van der Waals surface area contributed by atoms with Gasteiger partial charge in [-0.25, -0.2) is 8.42 Å². The van der Waals surface area contributed by atoms with Gasteiger partial charge in [-0.15, -0.1) is 0 Å². The lowest BCUT2D eigenvalue weighted by molar-refractivity contribution is -0.119. The second-order valence-corrected chi connectivity index (χ2v) is 9.41. The number of amides is 1. The van der Waals surface area contributed by atoms with E-state index in [-0.39, 0.29) is 23.2 Å². The lowest BCUT2D eigenvalue weighted by atomic mass is 10.1. The molecule has 170 valence electrons.